The number of carbonyl (C=O) groups is 1. The first kappa shape index (κ1) is 11.5. The normalized spacial score (nSPS) is 12.6. The average molecular weight is 171 g/mol. The van der Waals surface area contributed by atoms with E-state index in [9.17, 15) is 4.79 Å². The van der Waals surface area contributed by atoms with E-state index < -0.39 is 0 Å². The summed E-state index contributed by atoms with van der Waals surface area (Å²) >= 11 is 0. The molecule has 0 unspecified atom stereocenters. The number of carbonyl (C=O) groups excluding carboxylic acids is 1. The van der Waals surface area contributed by atoms with Crippen molar-refractivity contribution in [2.24, 2.45) is 5.92 Å². The second-order valence-electron chi connectivity index (χ2n) is 3.24. The van der Waals surface area contributed by atoms with Crippen molar-refractivity contribution in [2.75, 3.05) is 7.05 Å². The minimum atomic E-state index is 0.213. The molecule has 12 heavy (non-hydrogen) atoms. The molecule has 1 amide bonds. The number of unbranched alkanes of at least 4 members (excludes halogenated alkanes) is 1. The van der Waals surface area contributed by atoms with Crippen LogP contribution >= 0.6 is 0 Å². The number of amides is 1. The summed E-state index contributed by atoms with van der Waals surface area (Å²) in [5.74, 6) is 0.463. The van der Waals surface area contributed by atoms with Gasteiger partial charge in [0.05, 0.1) is 0 Å². The summed E-state index contributed by atoms with van der Waals surface area (Å²) in [6.07, 6.45) is 5.51. The van der Waals surface area contributed by atoms with Gasteiger partial charge in [-0.2, -0.15) is 0 Å². The molecule has 0 fully saturated rings. The van der Waals surface area contributed by atoms with Crippen LogP contribution in [-0.4, -0.2) is 13.0 Å². The Morgan fingerprint density at radius 1 is 1.25 bits per heavy atom. The quantitative estimate of drug-likeness (QED) is 0.653. The summed E-state index contributed by atoms with van der Waals surface area (Å²) in [5.41, 5.74) is 0. The van der Waals surface area contributed by atoms with Crippen molar-refractivity contribution < 1.29 is 4.79 Å². The van der Waals surface area contributed by atoms with Crippen molar-refractivity contribution in [3.63, 3.8) is 0 Å². The molecule has 0 bridgehead atoms. The standard InChI is InChI=1S/C10H21NO/c1-4-6-8-9(7-5-2)10(12)11-3/h9H,4-8H2,1-3H3,(H,11,12)/t9-/m1/s1. The lowest BCUT2D eigenvalue weighted by Gasteiger charge is -2.13. The van der Waals surface area contributed by atoms with Gasteiger partial charge in [-0.15, -0.1) is 0 Å². The van der Waals surface area contributed by atoms with Crippen molar-refractivity contribution in [1.29, 1.82) is 0 Å². The molecule has 0 aliphatic carbocycles. The highest BCUT2D eigenvalue weighted by Crippen LogP contribution is 2.14. The Hall–Kier alpha value is -0.530. The first-order valence-corrected chi connectivity index (χ1v) is 4.97. The molecule has 0 aromatic rings. The molecule has 0 saturated carbocycles. The molecule has 0 rings (SSSR count). The van der Waals surface area contributed by atoms with Gasteiger partial charge in [0, 0.05) is 13.0 Å². The molecule has 0 aliphatic rings. The smallest absolute Gasteiger partial charge is 0.222 e. The first-order valence-electron chi connectivity index (χ1n) is 4.97. The van der Waals surface area contributed by atoms with Crippen molar-refractivity contribution in [3.8, 4) is 0 Å². The fourth-order valence-corrected chi connectivity index (χ4v) is 1.41. The minimum Gasteiger partial charge on any atom is -0.359 e. The van der Waals surface area contributed by atoms with Crippen LogP contribution in [0.1, 0.15) is 46.0 Å². The largest absolute Gasteiger partial charge is 0.359 e. The van der Waals surface area contributed by atoms with Crippen molar-refractivity contribution in [2.45, 2.75) is 46.0 Å². The second-order valence-corrected chi connectivity index (χ2v) is 3.24. The number of rotatable bonds is 6. The van der Waals surface area contributed by atoms with E-state index in [1.54, 1.807) is 7.05 Å². The molecule has 0 saturated heterocycles. The topological polar surface area (TPSA) is 29.1 Å². The Bertz CT molecular complexity index is 123. The van der Waals surface area contributed by atoms with Crippen molar-refractivity contribution in [3.05, 3.63) is 0 Å². The van der Waals surface area contributed by atoms with Gasteiger partial charge in [0.25, 0.3) is 0 Å². The molecule has 2 heteroatoms. The highest BCUT2D eigenvalue weighted by molar-refractivity contribution is 5.78. The molecule has 1 atom stereocenters. The Kier molecular flexibility index (Phi) is 6.82. The molecule has 72 valence electrons. The maximum Gasteiger partial charge on any atom is 0.222 e. The zero-order valence-corrected chi connectivity index (χ0v) is 8.52. The maximum atomic E-state index is 11.3. The summed E-state index contributed by atoms with van der Waals surface area (Å²) in [6.45, 7) is 4.29. The van der Waals surface area contributed by atoms with Gasteiger partial charge >= 0.3 is 0 Å². The molecular weight excluding hydrogens is 150 g/mol. The molecule has 1 N–H and O–H groups in total. The summed E-state index contributed by atoms with van der Waals surface area (Å²) in [7, 11) is 1.72. The lowest BCUT2D eigenvalue weighted by molar-refractivity contribution is -0.124. The van der Waals surface area contributed by atoms with Crippen molar-refractivity contribution in [1.82, 2.24) is 5.32 Å². The summed E-state index contributed by atoms with van der Waals surface area (Å²) < 4.78 is 0. The van der Waals surface area contributed by atoms with Crippen LogP contribution in [0.4, 0.5) is 0 Å². The number of hydrogen-bond acceptors (Lipinski definition) is 1. The van der Waals surface area contributed by atoms with Crippen LogP contribution in [0.2, 0.25) is 0 Å². The average Bonchev–Trinajstić information content (AvgIpc) is 2.11. The Morgan fingerprint density at radius 2 is 1.92 bits per heavy atom. The summed E-state index contributed by atoms with van der Waals surface area (Å²) in [4.78, 5) is 11.3. The molecular formula is C10H21NO. The predicted molar refractivity (Wildman–Crippen MR) is 52.0 cm³/mol. The van der Waals surface area contributed by atoms with E-state index in [0.717, 1.165) is 25.7 Å². The van der Waals surface area contributed by atoms with Gasteiger partial charge in [-0.3, -0.25) is 4.79 Å². The van der Waals surface area contributed by atoms with E-state index in [0.29, 0.717) is 0 Å². The molecule has 0 heterocycles. The van der Waals surface area contributed by atoms with E-state index in [1.807, 2.05) is 0 Å². The highest BCUT2D eigenvalue weighted by Gasteiger charge is 2.14. The van der Waals surface area contributed by atoms with Crippen LogP contribution in [0.3, 0.4) is 0 Å². The summed E-state index contributed by atoms with van der Waals surface area (Å²) in [5, 5.41) is 2.72. The highest BCUT2D eigenvalue weighted by atomic mass is 16.1. The van der Waals surface area contributed by atoms with Crippen LogP contribution < -0.4 is 5.32 Å². The number of nitrogens with one attached hydrogen (secondary N) is 1. The van der Waals surface area contributed by atoms with Crippen LogP contribution in [0, 0.1) is 5.92 Å². The third-order valence-electron chi connectivity index (χ3n) is 2.16. The fraction of sp³-hybridized carbons (Fsp3) is 0.900. The second kappa shape index (κ2) is 7.14. The molecule has 0 spiro atoms. The van der Waals surface area contributed by atoms with Gasteiger partial charge in [0.2, 0.25) is 5.91 Å². The van der Waals surface area contributed by atoms with E-state index >= 15 is 0 Å². The molecule has 0 aliphatic heterocycles. The van der Waals surface area contributed by atoms with E-state index in [1.165, 1.54) is 6.42 Å². The first-order chi connectivity index (χ1) is 5.76. The van der Waals surface area contributed by atoms with Crippen LogP contribution in [0.15, 0.2) is 0 Å². The molecule has 0 radical (unpaired) electrons. The van der Waals surface area contributed by atoms with E-state index in [4.69, 9.17) is 0 Å². The Morgan fingerprint density at radius 3 is 2.33 bits per heavy atom. The monoisotopic (exact) mass is 171 g/mol. The van der Waals surface area contributed by atoms with Gasteiger partial charge < -0.3 is 5.32 Å². The van der Waals surface area contributed by atoms with Crippen LogP contribution in [0.5, 0.6) is 0 Å². The SMILES string of the molecule is CCCC[C@@H](CCC)C(=O)NC. The van der Waals surface area contributed by atoms with Gasteiger partial charge in [-0.1, -0.05) is 33.1 Å². The zero-order chi connectivity index (χ0) is 9.40. The third kappa shape index (κ3) is 4.37. The van der Waals surface area contributed by atoms with E-state index in [2.05, 4.69) is 19.2 Å². The molecule has 2 nitrogen and oxygen atoms in total. The third-order valence-corrected chi connectivity index (χ3v) is 2.16. The van der Waals surface area contributed by atoms with Gasteiger partial charge in [0.1, 0.15) is 0 Å². The molecule has 0 aromatic heterocycles. The lowest BCUT2D eigenvalue weighted by atomic mass is 9.96. The van der Waals surface area contributed by atoms with E-state index in [-0.39, 0.29) is 11.8 Å². The van der Waals surface area contributed by atoms with Crippen LogP contribution in [0.25, 0.3) is 0 Å². The minimum absolute atomic E-state index is 0.213. The maximum absolute atomic E-state index is 11.3. The Labute approximate surface area is 75.7 Å². The zero-order valence-electron chi connectivity index (χ0n) is 8.52. The fourth-order valence-electron chi connectivity index (χ4n) is 1.41. The van der Waals surface area contributed by atoms with Gasteiger partial charge in [-0.05, 0) is 12.8 Å². The molecule has 0 aromatic carbocycles. The van der Waals surface area contributed by atoms with Gasteiger partial charge in [0.15, 0.2) is 0 Å². The van der Waals surface area contributed by atoms with Crippen molar-refractivity contribution >= 4 is 5.91 Å². The summed E-state index contributed by atoms with van der Waals surface area (Å²) in [6, 6.07) is 0. The predicted octanol–water partition coefficient (Wildman–Crippen LogP) is 2.34. The Balaban J connectivity index is 3.76. The lowest BCUT2D eigenvalue weighted by Crippen LogP contribution is -2.27. The number of hydrogen-bond donors (Lipinski definition) is 1. The van der Waals surface area contributed by atoms with Crippen LogP contribution in [-0.2, 0) is 4.79 Å². The van der Waals surface area contributed by atoms with Gasteiger partial charge in [-0.25, -0.2) is 0 Å².